The lowest BCUT2D eigenvalue weighted by atomic mass is 10.1. The van der Waals surface area contributed by atoms with Crippen LogP contribution in [0.1, 0.15) is 54.4 Å². The third-order valence-electron chi connectivity index (χ3n) is 6.05. The summed E-state index contributed by atoms with van der Waals surface area (Å²) >= 11 is 0. The van der Waals surface area contributed by atoms with Crippen LogP contribution in [0.25, 0.3) is 0 Å². The maximum atomic E-state index is 13.0. The summed E-state index contributed by atoms with van der Waals surface area (Å²) in [6.07, 6.45) is 5.24. The first-order valence-corrected chi connectivity index (χ1v) is 12.7. The largest absolute Gasteiger partial charge is 0.348 e. The SMILES string of the molecule is O=C(NCc1cccc(N2CCCC2=O)c1)c1cccc(S(=O)(=O)N2CCCCCC2)c1. The maximum Gasteiger partial charge on any atom is 0.251 e. The van der Waals surface area contributed by atoms with E-state index in [1.165, 1.54) is 10.4 Å². The Labute approximate surface area is 189 Å². The Morgan fingerprint density at radius 2 is 1.66 bits per heavy atom. The fourth-order valence-electron chi connectivity index (χ4n) is 4.27. The number of carbonyl (C=O) groups is 2. The van der Waals surface area contributed by atoms with Crippen LogP contribution in [0.4, 0.5) is 5.69 Å². The molecule has 0 saturated carbocycles. The first kappa shape index (κ1) is 22.5. The maximum absolute atomic E-state index is 13.0. The number of sulfonamides is 1. The highest BCUT2D eigenvalue weighted by molar-refractivity contribution is 7.89. The molecule has 2 aliphatic heterocycles. The van der Waals surface area contributed by atoms with Crippen LogP contribution in [0.3, 0.4) is 0 Å². The summed E-state index contributed by atoms with van der Waals surface area (Å²) in [6, 6.07) is 13.8. The molecule has 7 nitrogen and oxygen atoms in total. The van der Waals surface area contributed by atoms with Crippen molar-refractivity contribution in [1.29, 1.82) is 0 Å². The number of nitrogens with one attached hydrogen (secondary N) is 1. The molecular formula is C24H29N3O4S. The van der Waals surface area contributed by atoms with Crippen LogP contribution in [0, 0.1) is 0 Å². The Kier molecular flexibility index (Phi) is 6.91. The molecule has 2 aromatic rings. The number of nitrogens with zero attached hydrogens (tertiary/aromatic N) is 2. The zero-order valence-corrected chi connectivity index (χ0v) is 18.9. The molecule has 1 N–H and O–H groups in total. The molecule has 2 aliphatic rings. The Hall–Kier alpha value is -2.71. The van der Waals surface area contributed by atoms with E-state index in [0.29, 0.717) is 31.6 Å². The van der Waals surface area contributed by atoms with E-state index in [2.05, 4.69) is 5.32 Å². The summed E-state index contributed by atoms with van der Waals surface area (Å²) in [7, 11) is -3.61. The van der Waals surface area contributed by atoms with Crippen LogP contribution in [-0.4, -0.2) is 44.2 Å². The molecule has 2 amide bonds. The van der Waals surface area contributed by atoms with Gasteiger partial charge in [0.2, 0.25) is 15.9 Å². The highest BCUT2D eigenvalue weighted by atomic mass is 32.2. The van der Waals surface area contributed by atoms with Crippen molar-refractivity contribution in [2.45, 2.75) is 50.0 Å². The van der Waals surface area contributed by atoms with Crippen molar-refractivity contribution in [1.82, 2.24) is 9.62 Å². The zero-order chi connectivity index (χ0) is 22.6. The molecule has 170 valence electrons. The molecule has 0 aliphatic carbocycles. The molecular weight excluding hydrogens is 426 g/mol. The molecule has 2 heterocycles. The molecule has 8 heteroatoms. The van der Waals surface area contributed by atoms with Gasteiger partial charge < -0.3 is 10.2 Å². The van der Waals surface area contributed by atoms with Crippen LogP contribution in [-0.2, 0) is 21.4 Å². The second kappa shape index (κ2) is 9.83. The van der Waals surface area contributed by atoms with Crippen LogP contribution in [0.15, 0.2) is 53.4 Å². The number of benzene rings is 2. The van der Waals surface area contributed by atoms with E-state index >= 15 is 0 Å². The van der Waals surface area contributed by atoms with Gasteiger partial charge in [-0.3, -0.25) is 9.59 Å². The summed E-state index contributed by atoms with van der Waals surface area (Å²) in [4.78, 5) is 26.6. The second-order valence-corrected chi connectivity index (χ2v) is 10.3. The molecule has 0 atom stereocenters. The summed E-state index contributed by atoms with van der Waals surface area (Å²) in [5, 5.41) is 2.86. The van der Waals surface area contributed by atoms with Crippen LogP contribution >= 0.6 is 0 Å². The van der Waals surface area contributed by atoms with Gasteiger partial charge in [-0.15, -0.1) is 0 Å². The number of anilines is 1. The van der Waals surface area contributed by atoms with E-state index in [1.54, 1.807) is 23.1 Å². The van der Waals surface area contributed by atoms with Gasteiger partial charge >= 0.3 is 0 Å². The summed E-state index contributed by atoms with van der Waals surface area (Å²) in [5.74, 6) is -0.214. The van der Waals surface area contributed by atoms with E-state index in [1.807, 2.05) is 24.3 Å². The Morgan fingerprint density at radius 3 is 2.38 bits per heavy atom. The summed E-state index contributed by atoms with van der Waals surface area (Å²) in [6.45, 7) is 2.05. The van der Waals surface area contributed by atoms with E-state index < -0.39 is 10.0 Å². The van der Waals surface area contributed by atoms with Crippen molar-refractivity contribution < 1.29 is 18.0 Å². The molecule has 2 saturated heterocycles. The summed E-state index contributed by atoms with van der Waals surface area (Å²) in [5.41, 5.74) is 2.03. The van der Waals surface area contributed by atoms with E-state index in [0.717, 1.165) is 43.4 Å². The second-order valence-electron chi connectivity index (χ2n) is 8.35. The van der Waals surface area contributed by atoms with E-state index in [9.17, 15) is 18.0 Å². The molecule has 0 aromatic heterocycles. The lowest BCUT2D eigenvalue weighted by molar-refractivity contribution is -0.117. The molecule has 2 fully saturated rings. The molecule has 32 heavy (non-hydrogen) atoms. The number of hydrogen-bond donors (Lipinski definition) is 1. The molecule has 0 radical (unpaired) electrons. The average Bonchev–Trinajstić information content (AvgIpc) is 3.05. The van der Waals surface area contributed by atoms with Gasteiger partial charge in [-0.2, -0.15) is 4.31 Å². The van der Waals surface area contributed by atoms with Crippen LogP contribution < -0.4 is 10.2 Å². The van der Waals surface area contributed by atoms with Gasteiger partial charge in [0.05, 0.1) is 4.90 Å². The van der Waals surface area contributed by atoms with Crippen molar-refractivity contribution in [2.75, 3.05) is 24.5 Å². The van der Waals surface area contributed by atoms with Crippen LogP contribution in [0.5, 0.6) is 0 Å². The topological polar surface area (TPSA) is 86.8 Å². The molecule has 0 bridgehead atoms. The third kappa shape index (κ3) is 5.02. The molecule has 2 aromatic carbocycles. The fraction of sp³-hybridized carbons (Fsp3) is 0.417. The molecule has 4 rings (SSSR count). The van der Waals surface area contributed by atoms with Crippen LogP contribution in [0.2, 0.25) is 0 Å². The highest BCUT2D eigenvalue weighted by Crippen LogP contribution is 2.23. The predicted molar refractivity (Wildman–Crippen MR) is 123 cm³/mol. The fourth-order valence-corrected chi connectivity index (χ4v) is 5.83. The zero-order valence-electron chi connectivity index (χ0n) is 18.1. The Morgan fingerprint density at radius 1 is 0.906 bits per heavy atom. The Balaban J connectivity index is 1.44. The number of amides is 2. The smallest absolute Gasteiger partial charge is 0.251 e. The lowest BCUT2D eigenvalue weighted by Gasteiger charge is -2.20. The van der Waals surface area contributed by atoms with Gasteiger partial charge in [0.25, 0.3) is 5.91 Å². The quantitative estimate of drug-likeness (QED) is 0.724. The number of rotatable bonds is 6. The van der Waals surface area contributed by atoms with Crippen molar-refractivity contribution in [3.8, 4) is 0 Å². The van der Waals surface area contributed by atoms with Gasteiger partial charge in [0, 0.05) is 43.9 Å². The van der Waals surface area contributed by atoms with Crippen molar-refractivity contribution >= 4 is 27.5 Å². The van der Waals surface area contributed by atoms with Gasteiger partial charge in [-0.1, -0.05) is 31.0 Å². The van der Waals surface area contributed by atoms with Gasteiger partial charge in [-0.25, -0.2) is 8.42 Å². The first-order chi connectivity index (χ1) is 15.4. The number of hydrogen-bond acceptors (Lipinski definition) is 4. The minimum absolute atomic E-state index is 0.119. The van der Waals surface area contributed by atoms with Crippen molar-refractivity contribution in [3.63, 3.8) is 0 Å². The standard InChI is InChI=1S/C24H29N3O4S/c28-23-12-7-15-27(23)21-10-5-8-19(16-21)18-25-24(29)20-9-6-11-22(17-20)32(30,31)26-13-3-1-2-4-14-26/h5-6,8-11,16-17H,1-4,7,12-15,18H2,(H,25,29). The lowest BCUT2D eigenvalue weighted by Crippen LogP contribution is -2.32. The van der Waals surface area contributed by atoms with E-state index in [-0.39, 0.29) is 23.3 Å². The monoisotopic (exact) mass is 455 g/mol. The van der Waals surface area contributed by atoms with Gasteiger partial charge in [-0.05, 0) is 55.2 Å². The minimum atomic E-state index is -3.61. The molecule has 0 spiro atoms. The third-order valence-corrected chi connectivity index (χ3v) is 7.94. The van der Waals surface area contributed by atoms with Gasteiger partial charge in [0.15, 0.2) is 0 Å². The van der Waals surface area contributed by atoms with E-state index in [4.69, 9.17) is 0 Å². The minimum Gasteiger partial charge on any atom is -0.348 e. The number of carbonyl (C=O) groups excluding carboxylic acids is 2. The predicted octanol–water partition coefficient (Wildman–Crippen LogP) is 3.31. The first-order valence-electron chi connectivity index (χ1n) is 11.2. The Bertz CT molecular complexity index is 1090. The van der Waals surface area contributed by atoms with Crippen molar-refractivity contribution in [3.05, 3.63) is 59.7 Å². The van der Waals surface area contributed by atoms with Gasteiger partial charge in [0.1, 0.15) is 0 Å². The summed E-state index contributed by atoms with van der Waals surface area (Å²) < 4.78 is 27.6. The van der Waals surface area contributed by atoms with Crippen molar-refractivity contribution in [2.24, 2.45) is 0 Å². The highest BCUT2D eigenvalue weighted by Gasteiger charge is 2.26. The normalized spacial score (nSPS) is 17.9. The average molecular weight is 456 g/mol. The molecule has 0 unspecified atom stereocenters.